The Balaban J connectivity index is 1.51. The summed E-state index contributed by atoms with van der Waals surface area (Å²) in [5.41, 5.74) is 2.36. The summed E-state index contributed by atoms with van der Waals surface area (Å²) in [6, 6.07) is 20.1. The van der Waals surface area contributed by atoms with Crippen molar-refractivity contribution in [3.05, 3.63) is 78.2 Å². The highest BCUT2D eigenvalue weighted by atomic mass is 16.5. The van der Waals surface area contributed by atoms with Gasteiger partial charge < -0.3 is 24.6 Å². The number of carbonyl (C=O) groups is 1. The smallest absolute Gasteiger partial charge is 0.275 e. The minimum absolute atomic E-state index is 0.0318. The first-order chi connectivity index (χ1) is 18.5. The highest BCUT2D eigenvalue weighted by Gasteiger charge is 2.42. The van der Waals surface area contributed by atoms with Crippen molar-refractivity contribution >= 4 is 5.91 Å². The molecule has 7 nitrogen and oxygen atoms in total. The number of carbonyl (C=O) groups excluding carboxylic acids is 1. The lowest BCUT2D eigenvalue weighted by molar-refractivity contribution is -0.111. The summed E-state index contributed by atoms with van der Waals surface area (Å²) in [5.74, 6) is -0.0530. The van der Waals surface area contributed by atoms with Gasteiger partial charge in [-0.05, 0) is 38.7 Å². The first-order valence-electron chi connectivity index (χ1n) is 14.0. The number of hydrogen-bond donors (Lipinski definition) is 2. The second kappa shape index (κ2) is 11.8. The van der Waals surface area contributed by atoms with Gasteiger partial charge in [0.2, 0.25) is 0 Å². The fourth-order valence-corrected chi connectivity index (χ4v) is 5.95. The third-order valence-corrected chi connectivity index (χ3v) is 7.93. The number of piperazine rings is 1. The van der Waals surface area contributed by atoms with Crippen molar-refractivity contribution in [1.29, 1.82) is 0 Å². The van der Waals surface area contributed by atoms with E-state index in [2.05, 4.69) is 22.0 Å². The summed E-state index contributed by atoms with van der Waals surface area (Å²) in [6.45, 7) is 6.38. The lowest BCUT2D eigenvalue weighted by Crippen LogP contribution is -2.54. The number of benzene rings is 2. The molecule has 1 amide bonds. The maximum atomic E-state index is 14.2. The number of aliphatic hydroxyl groups is 1. The van der Waals surface area contributed by atoms with E-state index in [1.54, 1.807) is 6.33 Å². The fraction of sp³-hybridized carbons (Fsp3) is 0.484. The zero-order valence-electron chi connectivity index (χ0n) is 22.6. The summed E-state index contributed by atoms with van der Waals surface area (Å²) in [7, 11) is 0. The zero-order chi connectivity index (χ0) is 26.5. The van der Waals surface area contributed by atoms with Gasteiger partial charge in [0.05, 0.1) is 30.8 Å². The predicted molar refractivity (Wildman–Crippen MR) is 149 cm³/mol. The van der Waals surface area contributed by atoms with Gasteiger partial charge in [-0.25, -0.2) is 4.98 Å². The highest BCUT2D eigenvalue weighted by molar-refractivity contribution is 5.98. The van der Waals surface area contributed by atoms with E-state index in [9.17, 15) is 9.90 Å². The van der Waals surface area contributed by atoms with Gasteiger partial charge in [0.25, 0.3) is 5.91 Å². The van der Waals surface area contributed by atoms with Gasteiger partial charge in [0.1, 0.15) is 5.60 Å². The van der Waals surface area contributed by atoms with Crippen molar-refractivity contribution in [1.82, 2.24) is 19.8 Å². The standard InChI is InChI=1S/C31H40N4O3/c1-23(2)38-21-31(37)16-10-9-15-27(31)35-22-33-28(29(35)25-13-7-4-8-14-25)30(36)34-18-17-32-20-26(34)19-24-11-5-3-6-12-24/h3-8,11-14,22-23,26-27,32,37H,9-10,15-21H2,1-2H3/t26-,27?,31?/m1/s1. The molecule has 2 fully saturated rings. The number of nitrogens with zero attached hydrogens (tertiary/aromatic N) is 3. The van der Waals surface area contributed by atoms with Crippen LogP contribution in [0.3, 0.4) is 0 Å². The Bertz CT molecular complexity index is 1200. The number of aromatic nitrogens is 2. The van der Waals surface area contributed by atoms with Crippen molar-refractivity contribution < 1.29 is 14.6 Å². The average Bonchev–Trinajstić information content (AvgIpc) is 3.38. The van der Waals surface area contributed by atoms with Gasteiger partial charge in [-0.15, -0.1) is 0 Å². The largest absolute Gasteiger partial charge is 0.385 e. The van der Waals surface area contributed by atoms with Crippen LogP contribution in [0.25, 0.3) is 11.3 Å². The minimum atomic E-state index is -1.02. The molecule has 0 spiro atoms. The summed E-state index contributed by atoms with van der Waals surface area (Å²) < 4.78 is 7.99. The van der Waals surface area contributed by atoms with Gasteiger partial charge >= 0.3 is 0 Å². The molecule has 2 unspecified atom stereocenters. The third-order valence-electron chi connectivity index (χ3n) is 7.93. The van der Waals surface area contributed by atoms with Crippen LogP contribution < -0.4 is 5.32 Å². The molecule has 2 aliphatic rings. The maximum absolute atomic E-state index is 14.2. The Morgan fingerprint density at radius 2 is 1.87 bits per heavy atom. The van der Waals surface area contributed by atoms with E-state index in [-0.39, 0.29) is 30.7 Å². The van der Waals surface area contributed by atoms with E-state index in [0.29, 0.717) is 18.7 Å². The number of nitrogens with one attached hydrogen (secondary N) is 1. The zero-order valence-corrected chi connectivity index (χ0v) is 22.6. The van der Waals surface area contributed by atoms with E-state index in [1.165, 1.54) is 5.56 Å². The molecule has 0 bridgehead atoms. The molecule has 2 N–H and O–H groups in total. The van der Waals surface area contributed by atoms with Crippen LogP contribution in [0.15, 0.2) is 67.0 Å². The van der Waals surface area contributed by atoms with Crippen LogP contribution >= 0.6 is 0 Å². The maximum Gasteiger partial charge on any atom is 0.275 e. The molecule has 1 saturated carbocycles. The van der Waals surface area contributed by atoms with Crippen molar-refractivity contribution in [2.75, 3.05) is 26.2 Å². The molecule has 3 aromatic rings. The Kier molecular flexibility index (Phi) is 8.27. The Morgan fingerprint density at radius 1 is 1.13 bits per heavy atom. The van der Waals surface area contributed by atoms with Crippen LogP contribution in [-0.4, -0.2) is 69.5 Å². The summed E-state index contributed by atoms with van der Waals surface area (Å²) >= 11 is 0. The van der Waals surface area contributed by atoms with E-state index in [0.717, 1.165) is 50.0 Å². The molecule has 0 radical (unpaired) electrons. The Hall–Kier alpha value is -3.00. The number of amides is 1. The van der Waals surface area contributed by atoms with Crippen LogP contribution in [0.1, 0.15) is 61.6 Å². The number of rotatable bonds is 8. The van der Waals surface area contributed by atoms with Gasteiger partial charge in [-0.3, -0.25) is 4.79 Å². The lowest BCUT2D eigenvalue weighted by Gasteiger charge is -2.41. The van der Waals surface area contributed by atoms with Crippen LogP contribution in [0.4, 0.5) is 0 Å². The first-order valence-corrected chi connectivity index (χ1v) is 14.0. The molecular formula is C31H40N4O3. The summed E-state index contributed by atoms with van der Waals surface area (Å²) in [4.78, 5) is 20.9. The first kappa shape index (κ1) is 26.6. The summed E-state index contributed by atoms with van der Waals surface area (Å²) in [6.07, 6.45) is 6.03. The van der Waals surface area contributed by atoms with Crippen LogP contribution in [-0.2, 0) is 11.2 Å². The number of hydrogen-bond acceptors (Lipinski definition) is 5. The molecule has 5 rings (SSSR count). The van der Waals surface area contributed by atoms with Gasteiger partial charge in [-0.2, -0.15) is 0 Å². The molecular weight excluding hydrogens is 476 g/mol. The molecule has 1 saturated heterocycles. The van der Waals surface area contributed by atoms with E-state index < -0.39 is 5.60 Å². The fourth-order valence-electron chi connectivity index (χ4n) is 5.95. The quantitative estimate of drug-likeness (QED) is 0.462. The Morgan fingerprint density at radius 3 is 2.61 bits per heavy atom. The van der Waals surface area contributed by atoms with Gasteiger partial charge in [-0.1, -0.05) is 73.5 Å². The van der Waals surface area contributed by atoms with Crippen molar-refractivity contribution in [3.8, 4) is 11.3 Å². The van der Waals surface area contributed by atoms with Crippen molar-refractivity contribution in [2.24, 2.45) is 0 Å². The minimum Gasteiger partial charge on any atom is -0.385 e. The molecule has 38 heavy (non-hydrogen) atoms. The van der Waals surface area contributed by atoms with Crippen LogP contribution in [0, 0.1) is 0 Å². The van der Waals surface area contributed by atoms with Crippen LogP contribution in [0.2, 0.25) is 0 Å². The molecule has 1 aliphatic heterocycles. The highest BCUT2D eigenvalue weighted by Crippen LogP contribution is 2.41. The normalized spacial score (nSPS) is 24.1. The van der Waals surface area contributed by atoms with E-state index >= 15 is 0 Å². The molecule has 202 valence electrons. The van der Waals surface area contributed by atoms with E-state index in [4.69, 9.17) is 9.72 Å². The molecule has 7 heteroatoms. The Labute approximate surface area is 225 Å². The molecule has 2 heterocycles. The van der Waals surface area contributed by atoms with Gasteiger partial charge in [0.15, 0.2) is 5.69 Å². The second-order valence-electron chi connectivity index (χ2n) is 11.0. The van der Waals surface area contributed by atoms with Crippen LogP contribution in [0.5, 0.6) is 0 Å². The van der Waals surface area contributed by atoms with Gasteiger partial charge in [0, 0.05) is 31.2 Å². The van der Waals surface area contributed by atoms with E-state index in [1.807, 2.05) is 67.3 Å². The predicted octanol–water partition coefficient (Wildman–Crippen LogP) is 4.48. The van der Waals surface area contributed by atoms with Crippen molar-refractivity contribution in [2.45, 2.75) is 69.7 Å². The number of imidazole rings is 1. The molecule has 1 aliphatic carbocycles. The monoisotopic (exact) mass is 516 g/mol. The second-order valence-corrected chi connectivity index (χ2v) is 11.0. The average molecular weight is 517 g/mol. The topological polar surface area (TPSA) is 79.6 Å². The SMILES string of the molecule is CC(C)OCC1(O)CCCCC1n1cnc(C(=O)N2CCNC[C@H]2Cc2ccccc2)c1-c1ccccc1. The number of ether oxygens (including phenoxy) is 1. The third kappa shape index (κ3) is 5.70. The lowest BCUT2D eigenvalue weighted by atomic mass is 9.80. The molecule has 3 atom stereocenters. The molecule has 2 aromatic carbocycles. The van der Waals surface area contributed by atoms with Crippen molar-refractivity contribution in [3.63, 3.8) is 0 Å². The molecule has 1 aromatic heterocycles. The summed E-state index contributed by atoms with van der Waals surface area (Å²) in [5, 5.41) is 15.3.